The number of benzene rings is 1. The Morgan fingerprint density at radius 3 is 2.95 bits per heavy atom. The van der Waals surface area contributed by atoms with Crippen LogP contribution in [0.4, 0.5) is 4.39 Å². The molecule has 3 rings (SSSR count). The van der Waals surface area contributed by atoms with E-state index in [1.54, 1.807) is 12.3 Å². The lowest BCUT2D eigenvalue weighted by Gasteiger charge is -2.03. The van der Waals surface area contributed by atoms with Crippen molar-refractivity contribution in [3.8, 4) is 17.1 Å². The summed E-state index contributed by atoms with van der Waals surface area (Å²) in [5.74, 6) is -1.01. The highest BCUT2D eigenvalue weighted by Gasteiger charge is 2.17. The molecule has 2 heterocycles. The van der Waals surface area contributed by atoms with Crippen LogP contribution in [0, 0.1) is 5.82 Å². The molecule has 0 spiro atoms. The second kappa shape index (κ2) is 4.86. The van der Waals surface area contributed by atoms with E-state index in [2.05, 4.69) is 15.0 Å². The van der Waals surface area contributed by atoms with Gasteiger partial charge < -0.3 is 14.8 Å². The zero-order chi connectivity index (χ0) is 15.0. The molecule has 0 unspecified atom stereocenters. The highest BCUT2D eigenvalue weighted by Crippen LogP contribution is 2.29. The molecule has 0 saturated heterocycles. The highest BCUT2D eigenvalue weighted by atomic mass is 19.1. The van der Waals surface area contributed by atoms with E-state index in [1.807, 2.05) is 0 Å². The monoisotopic (exact) mass is 287 g/mol. The lowest BCUT2D eigenvalue weighted by atomic mass is 10.2. The van der Waals surface area contributed by atoms with Gasteiger partial charge in [-0.25, -0.2) is 14.2 Å². The lowest BCUT2D eigenvalue weighted by Crippen LogP contribution is -1.98. The van der Waals surface area contributed by atoms with Gasteiger partial charge in [-0.2, -0.15) is 0 Å². The van der Waals surface area contributed by atoms with E-state index in [-0.39, 0.29) is 11.1 Å². The molecule has 106 valence electrons. The number of nitrogens with one attached hydrogen (secondary N) is 1. The molecule has 0 atom stereocenters. The van der Waals surface area contributed by atoms with Gasteiger partial charge in [0.05, 0.1) is 30.0 Å². The van der Waals surface area contributed by atoms with Gasteiger partial charge in [-0.3, -0.25) is 4.98 Å². The van der Waals surface area contributed by atoms with E-state index in [1.165, 1.54) is 19.4 Å². The maximum absolute atomic E-state index is 13.5. The Morgan fingerprint density at radius 1 is 1.43 bits per heavy atom. The third kappa shape index (κ3) is 2.18. The van der Waals surface area contributed by atoms with Gasteiger partial charge in [-0.05, 0) is 18.2 Å². The van der Waals surface area contributed by atoms with Crippen molar-refractivity contribution >= 4 is 17.0 Å². The number of halogens is 1. The molecule has 6 nitrogen and oxygen atoms in total. The number of pyridine rings is 1. The van der Waals surface area contributed by atoms with E-state index >= 15 is 0 Å². The van der Waals surface area contributed by atoms with E-state index in [9.17, 15) is 9.18 Å². The first-order valence-electron chi connectivity index (χ1n) is 6.01. The van der Waals surface area contributed by atoms with Crippen molar-refractivity contribution in [2.75, 3.05) is 7.11 Å². The first kappa shape index (κ1) is 13.0. The van der Waals surface area contributed by atoms with Crippen LogP contribution in [0.2, 0.25) is 0 Å². The predicted octanol–water partition coefficient (Wildman–Crippen LogP) is 2.47. The van der Waals surface area contributed by atoms with Crippen LogP contribution in [-0.4, -0.2) is 33.1 Å². The molecule has 0 aliphatic heterocycles. The molecule has 3 aromatic rings. The molecular formula is C14H10FN3O3. The van der Waals surface area contributed by atoms with Gasteiger partial charge >= 0.3 is 5.97 Å². The minimum absolute atomic E-state index is 0.192. The fraction of sp³-hybridized carbons (Fsp3) is 0.0714. The van der Waals surface area contributed by atoms with Crippen molar-refractivity contribution in [1.82, 2.24) is 15.0 Å². The minimum atomic E-state index is -1.24. The number of ether oxygens (including phenoxy) is 1. The maximum atomic E-state index is 13.5. The van der Waals surface area contributed by atoms with Gasteiger partial charge in [0.2, 0.25) is 0 Å². The lowest BCUT2D eigenvalue weighted by molar-refractivity contribution is 0.0698. The molecule has 0 saturated carbocycles. The number of nitrogens with zero attached hydrogens (tertiary/aromatic N) is 2. The van der Waals surface area contributed by atoms with Crippen LogP contribution in [-0.2, 0) is 0 Å². The summed E-state index contributed by atoms with van der Waals surface area (Å²) >= 11 is 0. The number of imidazole rings is 1. The van der Waals surface area contributed by atoms with Crippen molar-refractivity contribution in [3.05, 3.63) is 42.0 Å². The number of carbonyl (C=O) groups is 1. The quantitative estimate of drug-likeness (QED) is 0.772. The van der Waals surface area contributed by atoms with Gasteiger partial charge in [0.25, 0.3) is 0 Å². The number of aromatic nitrogens is 3. The fourth-order valence-corrected chi connectivity index (χ4v) is 2.11. The zero-order valence-corrected chi connectivity index (χ0v) is 10.9. The molecule has 0 amide bonds. The summed E-state index contributed by atoms with van der Waals surface area (Å²) in [6.45, 7) is 0. The van der Waals surface area contributed by atoms with Crippen molar-refractivity contribution in [1.29, 1.82) is 0 Å². The van der Waals surface area contributed by atoms with E-state index < -0.39 is 11.8 Å². The Bertz CT molecular complexity index is 845. The summed E-state index contributed by atoms with van der Waals surface area (Å²) in [6, 6.07) is 3.82. The van der Waals surface area contributed by atoms with Crippen molar-refractivity contribution in [3.63, 3.8) is 0 Å². The van der Waals surface area contributed by atoms with Crippen LogP contribution >= 0.6 is 0 Å². The van der Waals surface area contributed by atoms with Gasteiger partial charge in [0.1, 0.15) is 22.9 Å². The SMILES string of the molecule is COc1cnccc1-c1nc2c(C(=O)O)cc(F)cc2[nH]1. The van der Waals surface area contributed by atoms with Crippen LogP contribution in [0.15, 0.2) is 30.6 Å². The smallest absolute Gasteiger partial charge is 0.338 e. The normalized spacial score (nSPS) is 10.8. The summed E-state index contributed by atoms with van der Waals surface area (Å²) in [7, 11) is 1.49. The van der Waals surface area contributed by atoms with Crippen molar-refractivity contribution in [2.45, 2.75) is 0 Å². The molecule has 0 aliphatic carbocycles. The highest BCUT2D eigenvalue weighted by molar-refractivity contribution is 6.01. The summed E-state index contributed by atoms with van der Waals surface area (Å²) in [4.78, 5) is 22.3. The molecule has 2 aromatic heterocycles. The second-order valence-electron chi connectivity index (χ2n) is 4.32. The second-order valence-corrected chi connectivity index (χ2v) is 4.32. The topological polar surface area (TPSA) is 88.1 Å². The summed E-state index contributed by atoms with van der Waals surface area (Å²) in [5, 5.41) is 9.13. The minimum Gasteiger partial charge on any atom is -0.494 e. The van der Waals surface area contributed by atoms with Gasteiger partial charge in [0, 0.05) is 6.20 Å². The van der Waals surface area contributed by atoms with Crippen LogP contribution in [0.1, 0.15) is 10.4 Å². The standard InChI is InChI=1S/C14H10FN3O3/c1-21-11-6-16-3-2-8(11)13-17-10-5-7(15)4-9(14(19)20)12(10)18-13/h2-6H,1H3,(H,17,18)(H,19,20). The van der Waals surface area contributed by atoms with Crippen LogP contribution in [0.25, 0.3) is 22.4 Å². The third-order valence-electron chi connectivity index (χ3n) is 3.04. The molecule has 0 fully saturated rings. The predicted molar refractivity (Wildman–Crippen MR) is 72.8 cm³/mol. The first-order chi connectivity index (χ1) is 10.1. The number of rotatable bonds is 3. The van der Waals surface area contributed by atoms with Gasteiger partial charge in [0.15, 0.2) is 0 Å². The van der Waals surface area contributed by atoms with Crippen LogP contribution in [0.5, 0.6) is 5.75 Å². The Balaban J connectivity index is 2.26. The number of aromatic carboxylic acids is 1. The number of methoxy groups -OCH3 is 1. The first-order valence-corrected chi connectivity index (χ1v) is 6.01. The number of carboxylic acid groups (broad SMARTS) is 1. The maximum Gasteiger partial charge on any atom is 0.338 e. The molecule has 7 heteroatoms. The number of hydrogen-bond donors (Lipinski definition) is 2. The summed E-state index contributed by atoms with van der Waals surface area (Å²) in [5.41, 5.74) is 0.917. The van der Waals surface area contributed by atoms with Crippen LogP contribution < -0.4 is 4.74 Å². The molecule has 21 heavy (non-hydrogen) atoms. The average Bonchev–Trinajstić information content (AvgIpc) is 2.89. The molecule has 0 aliphatic rings. The van der Waals surface area contributed by atoms with Crippen molar-refractivity contribution < 1.29 is 19.0 Å². The molecular weight excluding hydrogens is 277 g/mol. The summed E-state index contributed by atoms with van der Waals surface area (Å²) in [6.07, 6.45) is 3.07. The average molecular weight is 287 g/mol. The van der Waals surface area contributed by atoms with Gasteiger partial charge in [-0.1, -0.05) is 0 Å². The number of fused-ring (bicyclic) bond motifs is 1. The largest absolute Gasteiger partial charge is 0.494 e. The number of aromatic amines is 1. The Hall–Kier alpha value is -2.96. The molecule has 0 bridgehead atoms. The van der Waals surface area contributed by atoms with Crippen molar-refractivity contribution in [2.24, 2.45) is 0 Å². The third-order valence-corrected chi connectivity index (χ3v) is 3.04. The Labute approximate surface area is 118 Å². The summed E-state index contributed by atoms with van der Waals surface area (Å²) < 4.78 is 18.7. The van der Waals surface area contributed by atoms with Gasteiger partial charge in [-0.15, -0.1) is 0 Å². The number of H-pyrrole nitrogens is 1. The van der Waals surface area contributed by atoms with E-state index in [0.29, 0.717) is 22.7 Å². The van der Waals surface area contributed by atoms with E-state index in [0.717, 1.165) is 6.07 Å². The van der Waals surface area contributed by atoms with Crippen LogP contribution in [0.3, 0.4) is 0 Å². The Kier molecular flexibility index (Phi) is 3.02. The Morgan fingerprint density at radius 2 is 2.24 bits per heavy atom. The fourth-order valence-electron chi connectivity index (χ4n) is 2.11. The number of carboxylic acids is 1. The molecule has 2 N–H and O–H groups in total. The van der Waals surface area contributed by atoms with E-state index in [4.69, 9.17) is 9.84 Å². The molecule has 0 radical (unpaired) electrons. The zero-order valence-electron chi connectivity index (χ0n) is 10.9. The number of hydrogen-bond acceptors (Lipinski definition) is 4. The molecule has 1 aromatic carbocycles.